The maximum Gasteiger partial charge on any atom is 0.157 e. The molecule has 1 atom stereocenters. The maximum atomic E-state index is 8.84. The molecule has 1 aromatic carbocycles. The Bertz CT molecular complexity index is 476. The van der Waals surface area contributed by atoms with E-state index in [0.717, 1.165) is 22.9 Å². The van der Waals surface area contributed by atoms with Gasteiger partial charge >= 0.3 is 0 Å². The Morgan fingerprint density at radius 3 is 3.22 bits per heavy atom. The van der Waals surface area contributed by atoms with Gasteiger partial charge in [0.2, 0.25) is 0 Å². The molecular weight excluding hydrogens is 242 g/mol. The van der Waals surface area contributed by atoms with Gasteiger partial charge in [-0.15, -0.1) is 0 Å². The summed E-state index contributed by atoms with van der Waals surface area (Å²) < 4.78 is 0. The van der Waals surface area contributed by atoms with Crippen LogP contribution in [0.2, 0.25) is 0 Å². The first-order chi connectivity index (χ1) is 8.81. The SMILES string of the molecule is CCC1CCSC(=NCc2cccc(C#N)c2)N1. The van der Waals surface area contributed by atoms with E-state index in [1.165, 1.54) is 6.42 Å². The van der Waals surface area contributed by atoms with Crippen molar-refractivity contribution in [2.75, 3.05) is 5.75 Å². The average molecular weight is 259 g/mol. The van der Waals surface area contributed by atoms with Crippen molar-refractivity contribution < 1.29 is 0 Å². The predicted octanol–water partition coefficient (Wildman–Crippen LogP) is 2.92. The molecule has 0 bridgehead atoms. The van der Waals surface area contributed by atoms with Crippen LogP contribution in [0.1, 0.15) is 30.9 Å². The average Bonchev–Trinajstić information content (AvgIpc) is 2.45. The van der Waals surface area contributed by atoms with Crippen LogP contribution in [0.4, 0.5) is 0 Å². The van der Waals surface area contributed by atoms with Crippen LogP contribution in [0, 0.1) is 11.3 Å². The van der Waals surface area contributed by atoms with Gasteiger partial charge in [0.25, 0.3) is 0 Å². The van der Waals surface area contributed by atoms with Crippen molar-refractivity contribution in [3.63, 3.8) is 0 Å². The van der Waals surface area contributed by atoms with Crippen molar-refractivity contribution in [1.29, 1.82) is 5.26 Å². The van der Waals surface area contributed by atoms with E-state index in [9.17, 15) is 0 Å². The molecule has 0 amide bonds. The molecular formula is C14H17N3S. The molecule has 1 saturated heterocycles. The summed E-state index contributed by atoms with van der Waals surface area (Å²) in [4.78, 5) is 4.59. The maximum absolute atomic E-state index is 8.84. The molecule has 1 N–H and O–H groups in total. The number of benzene rings is 1. The van der Waals surface area contributed by atoms with Crippen LogP contribution in [0.5, 0.6) is 0 Å². The Labute approximate surface area is 112 Å². The summed E-state index contributed by atoms with van der Waals surface area (Å²) in [6.45, 7) is 2.84. The topological polar surface area (TPSA) is 48.2 Å². The van der Waals surface area contributed by atoms with Gasteiger partial charge in [0.05, 0.1) is 18.2 Å². The fourth-order valence-electron chi connectivity index (χ4n) is 1.89. The third kappa shape index (κ3) is 3.51. The lowest BCUT2D eigenvalue weighted by Gasteiger charge is -2.24. The lowest BCUT2D eigenvalue weighted by Crippen LogP contribution is -2.37. The minimum absolute atomic E-state index is 0.565. The van der Waals surface area contributed by atoms with E-state index >= 15 is 0 Å². The zero-order valence-electron chi connectivity index (χ0n) is 10.5. The van der Waals surface area contributed by atoms with E-state index in [2.05, 4.69) is 23.3 Å². The number of nitriles is 1. The minimum Gasteiger partial charge on any atom is -0.362 e. The summed E-state index contributed by atoms with van der Waals surface area (Å²) >= 11 is 1.79. The molecule has 0 radical (unpaired) electrons. The third-order valence-electron chi connectivity index (χ3n) is 2.99. The van der Waals surface area contributed by atoms with E-state index in [0.29, 0.717) is 18.2 Å². The van der Waals surface area contributed by atoms with Gasteiger partial charge in [0, 0.05) is 11.8 Å². The van der Waals surface area contributed by atoms with Gasteiger partial charge in [-0.25, -0.2) is 0 Å². The van der Waals surface area contributed by atoms with Gasteiger partial charge in [-0.2, -0.15) is 5.26 Å². The van der Waals surface area contributed by atoms with Crippen LogP contribution in [0.25, 0.3) is 0 Å². The Kier molecular flexibility index (Phi) is 4.66. The highest BCUT2D eigenvalue weighted by Crippen LogP contribution is 2.16. The standard InChI is InChI=1S/C14H17N3S/c1-2-13-6-7-18-14(17-13)16-10-12-5-3-4-11(8-12)9-15/h3-5,8,13H,2,6-7,10H2,1H3,(H,16,17). The number of amidine groups is 1. The summed E-state index contributed by atoms with van der Waals surface area (Å²) in [6, 6.07) is 10.3. The van der Waals surface area contributed by atoms with Gasteiger partial charge < -0.3 is 5.32 Å². The number of hydrogen-bond donors (Lipinski definition) is 1. The lowest BCUT2D eigenvalue weighted by molar-refractivity contribution is 0.570. The molecule has 18 heavy (non-hydrogen) atoms. The predicted molar refractivity (Wildman–Crippen MR) is 76.6 cm³/mol. The molecule has 2 rings (SSSR count). The monoisotopic (exact) mass is 259 g/mol. The summed E-state index contributed by atoms with van der Waals surface area (Å²) in [7, 11) is 0. The van der Waals surface area contributed by atoms with Crippen molar-refractivity contribution in [3.8, 4) is 6.07 Å². The first-order valence-electron chi connectivity index (χ1n) is 6.24. The fraction of sp³-hybridized carbons (Fsp3) is 0.429. The van der Waals surface area contributed by atoms with E-state index in [1.807, 2.05) is 24.3 Å². The van der Waals surface area contributed by atoms with Gasteiger partial charge in [-0.3, -0.25) is 4.99 Å². The molecule has 0 saturated carbocycles. The highest BCUT2D eigenvalue weighted by molar-refractivity contribution is 8.13. The highest BCUT2D eigenvalue weighted by atomic mass is 32.2. The molecule has 1 aromatic rings. The number of rotatable bonds is 3. The van der Waals surface area contributed by atoms with Crippen molar-refractivity contribution in [2.24, 2.45) is 4.99 Å². The van der Waals surface area contributed by atoms with Crippen LogP contribution in [-0.2, 0) is 6.54 Å². The van der Waals surface area contributed by atoms with Crippen molar-refractivity contribution >= 4 is 16.9 Å². The molecule has 1 aliphatic rings. The van der Waals surface area contributed by atoms with Crippen LogP contribution < -0.4 is 5.32 Å². The number of thioether (sulfide) groups is 1. The molecule has 4 heteroatoms. The highest BCUT2D eigenvalue weighted by Gasteiger charge is 2.15. The second kappa shape index (κ2) is 6.46. The minimum atomic E-state index is 0.565. The van der Waals surface area contributed by atoms with E-state index in [-0.39, 0.29) is 0 Å². The van der Waals surface area contributed by atoms with Gasteiger partial charge in [-0.05, 0) is 30.5 Å². The zero-order chi connectivity index (χ0) is 12.8. The van der Waals surface area contributed by atoms with E-state index in [4.69, 9.17) is 5.26 Å². The Hall–Kier alpha value is -1.47. The van der Waals surface area contributed by atoms with E-state index in [1.54, 1.807) is 11.8 Å². The largest absolute Gasteiger partial charge is 0.362 e. The summed E-state index contributed by atoms with van der Waals surface area (Å²) in [6.07, 6.45) is 2.35. The summed E-state index contributed by atoms with van der Waals surface area (Å²) in [5.74, 6) is 1.14. The molecule has 0 aromatic heterocycles. The molecule has 0 aliphatic carbocycles. The first-order valence-corrected chi connectivity index (χ1v) is 7.23. The molecule has 1 fully saturated rings. The quantitative estimate of drug-likeness (QED) is 0.908. The third-order valence-corrected chi connectivity index (χ3v) is 3.95. The number of nitrogens with one attached hydrogen (secondary N) is 1. The number of aliphatic imine (C=N–C) groups is 1. The van der Waals surface area contributed by atoms with Crippen LogP contribution >= 0.6 is 11.8 Å². The van der Waals surface area contributed by atoms with Gasteiger partial charge in [-0.1, -0.05) is 30.8 Å². The second-order valence-corrected chi connectivity index (χ2v) is 5.40. The molecule has 1 aliphatic heterocycles. The zero-order valence-corrected chi connectivity index (χ0v) is 11.3. The Balaban J connectivity index is 1.99. The van der Waals surface area contributed by atoms with Crippen molar-refractivity contribution in [3.05, 3.63) is 35.4 Å². The molecule has 1 heterocycles. The summed E-state index contributed by atoms with van der Waals surface area (Å²) in [5, 5.41) is 13.3. The second-order valence-electron chi connectivity index (χ2n) is 4.32. The normalized spacial score (nSPS) is 21.3. The lowest BCUT2D eigenvalue weighted by atomic mass is 10.1. The van der Waals surface area contributed by atoms with Crippen LogP contribution in [0.3, 0.4) is 0 Å². The molecule has 3 nitrogen and oxygen atoms in total. The smallest absolute Gasteiger partial charge is 0.157 e. The molecule has 1 unspecified atom stereocenters. The summed E-state index contributed by atoms with van der Waals surface area (Å²) in [5.41, 5.74) is 1.78. The molecule has 0 spiro atoms. The Morgan fingerprint density at radius 1 is 1.56 bits per heavy atom. The van der Waals surface area contributed by atoms with Crippen molar-refractivity contribution in [1.82, 2.24) is 5.32 Å². The van der Waals surface area contributed by atoms with Crippen LogP contribution in [0.15, 0.2) is 29.3 Å². The first kappa shape index (κ1) is 13.0. The fourth-order valence-corrected chi connectivity index (χ4v) is 2.89. The number of hydrogen-bond acceptors (Lipinski definition) is 3. The van der Waals surface area contributed by atoms with E-state index < -0.39 is 0 Å². The van der Waals surface area contributed by atoms with Crippen molar-refractivity contribution in [2.45, 2.75) is 32.4 Å². The number of nitrogens with zero attached hydrogens (tertiary/aromatic N) is 2. The molecule has 94 valence electrons. The van der Waals surface area contributed by atoms with Gasteiger partial charge in [0.1, 0.15) is 0 Å². The van der Waals surface area contributed by atoms with Crippen LogP contribution in [-0.4, -0.2) is 17.0 Å². The van der Waals surface area contributed by atoms with Gasteiger partial charge in [0.15, 0.2) is 5.17 Å². The Morgan fingerprint density at radius 2 is 2.44 bits per heavy atom.